The van der Waals surface area contributed by atoms with Crippen LogP contribution in [0, 0.1) is 11.8 Å². The van der Waals surface area contributed by atoms with Gasteiger partial charge in [-0.1, -0.05) is 42.5 Å². The number of Topliss-reactive ketones (excluding diaryl/α,β-unsaturated/α-hetero) is 2. The summed E-state index contributed by atoms with van der Waals surface area (Å²) < 4.78 is 0.924. The first kappa shape index (κ1) is 20.8. The third-order valence-corrected chi connectivity index (χ3v) is 8.95. The number of benzene rings is 1. The van der Waals surface area contributed by atoms with Gasteiger partial charge in [0.2, 0.25) is 0 Å². The summed E-state index contributed by atoms with van der Waals surface area (Å²) in [6, 6.07) is 18.1. The smallest absolute Gasteiger partial charge is 0.182 e. The summed E-state index contributed by atoms with van der Waals surface area (Å²) in [7, 11) is 0. The summed E-state index contributed by atoms with van der Waals surface area (Å²) in [4.78, 5) is 29.3. The number of rotatable bonds is 5. The lowest BCUT2D eigenvalue weighted by atomic mass is 9.68. The number of ketones is 2. The van der Waals surface area contributed by atoms with Crippen LogP contribution in [0.15, 0.2) is 65.4 Å². The van der Waals surface area contributed by atoms with Crippen molar-refractivity contribution in [3.8, 4) is 0 Å². The van der Waals surface area contributed by atoms with E-state index in [0.29, 0.717) is 0 Å². The van der Waals surface area contributed by atoms with Crippen molar-refractivity contribution in [1.82, 2.24) is 0 Å². The van der Waals surface area contributed by atoms with Crippen LogP contribution in [0.2, 0.25) is 0 Å². The van der Waals surface area contributed by atoms with Crippen molar-refractivity contribution in [3.05, 3.63) is 80.7 Å². The van der Waals surface area contributed by atoms with E-state index in [4.69, 9.17) is 0 Å². The highest BCUT2D eigenvalue weighted by Gasteiger charge is 2.52. The lowest BCUT2D eigenvalue weighted by molar-refractivity contribution is -0.941. The predicted molar refractivity (Wildman–Crippen MR) is 127 cm³/mol. The summed E-state index contributed by atoms with van der Waals surface area (Å²) in [5.41, 5.74) is 1.13. The van der Waals surface area contributed by atoms with Crippen molar-refractivity contribution >= 4 is 34.2 Å². The molecule has 2 saturated heterocycles. The van der Waals surface area contributed by atoms with Gasteiger partial charge in [0.1, 0.15) is 0 Å². The third-order valence-electron chi connectivity index (χ3n) is 7.19. The molecule has 0 saturated carbocycles. The lowest BCUT2D eigenvalue weighted by Crippen LogP contribution is -2.63. The molecule has 0 amide bonds. The molecule has 1 aromatic carbocycles. The normalized spacial score (nSPS) is 25.4. The molecule has 3 aromatic rings. The topological polar surface area (TPSA) is 34.1 Å². The number of piperidine rings is 2. The zero-order valence-electron chi connectivity index (χ0n) is 17.6. The maximum atomic E-state index is 13.8. The largest absolute Gasteiger partial charge is 0.322 e. The summed E-state index contributed by atoms with van der Waals surface area (Å²) in [5, 5.41) is 3.96. The minimum Gasteiger partial charge on any atom is -0.322 e. The maximum absolute atomic E-state index is 13.8. The molecule has 1 spiro atoms. The first-order valence-electron chi connectivity index (χ1n) is 11.2. The molecule has 2 aliphatic rings. The first-order valence-corrected chi connectivity index (χ1v) is 13.0. The Balaban J connectivity index is 1.61. The van der Waals surface area contributed by atoms with Crippen molar-refractivity contribution in [1.29, 1.82) is 0 Å². The molecule has 2 fully saturated rings. The Morgan fingerprint density at radius 1 is 0.710 bits per heavy atom. The molecule has 0 bridgehead atoms. The molecule has 0 aliphatic carbocycles. The quantitative estimate of drug-likeness (QED) is 0.358. The molecule has 2 atom stereocenters. The molecular weight excluding hydrogens is 422 g/mol. The number of carbonyl (C=O) groups is 2. The molecule has 5 rings (SSSR count). The van der Waals surface area contributed by atoms with Crippen molar-refractivity contribution < 1.29 is 14.1 Å². The van der Waals surface area contributed by atoms with E-state index >= 15 is 0 Å². The monoisotopic (exact) mass is 450 g/mol. The highest BCUT2D eigenvalue weighted by molar-refractivity contribution is 7.12. The van der Waals surface area contributed by atoms with Crippen LogP contribution < -0.4 is 0 Å². The summed E-state index contributed by atoms with van der Waals surface area (Å²) in [6.07, 6.45) is 3.64. The molecule has 2 aliphatic heterocycles. The SMILES string of the molecule is O=C(c1cccs1)C1C[N+]2(CCCCC2)CC(C(=O)c2cccs2)C1c1ccccc1. The Hall–Kier alpha value is -2.08. The van der Waals surface area contributed by atoms with Gasteiger partial charge in [-0.05, 0) is 47.7 Å². The van der Waals surface area contributed by atoms with Crippen LogP contribution in [0.5, 0.6) is 0 Å². The minimum absolute atomic E-state index is 0.0731. The Kier molecular flexibility index (Phi) is 5.91. The van der Waals surface area contributed by atoms with E-state index < -0.39 is 0 Å². The number of hydrogen-bond donors (Lipinski definition) is 0. The number of hydrogen-bond acceptors (Lipinski definition) is 4. The molecule has 4 heterocycles. The Morgan fingerprint density at radius 3 is 1.74 bits per heavy atom. The van der Waals surface area contributed by atoms with E-state index in [1.807, 2.05) is 53.2 Å². The lowest BCUT2D eigenvalue weighted by Gasteiger charge is -2.51. The number of quaternary nitrogens is 1. The van der Waals surface area contributed by atoms with Gasteiger partial charge in [-0.25, -0.2) is 0 Å². The number of thiophene rings is 2. The summed E-state index contributed by atoms with van der Waals surface area (Å²) in [6.45, 7) is 3.88. The zero-order valence-corrected chi connectivity index (χ0v) is 19.2. The molecule has 2 aromatic heterocycles. The highest BCUT2D eigenvalue weighted by atomic mass is 32.1. The standard InChI is InChI=1S/C26H28NO2S2/c28-25(22-11-7-15-30-22)20-17-27(13-5-2-6-14-27)18-21(26(29)23-12-8-16-31-23)24(20)19-9-3-1-4-10-19/h1,3-4,7-12,15-16,20-21,24H,2,5-6,13-14,17-18H2/q+1. The van der Waals surface area contributed by atoms with Crippen LogP contribution >= 0.6 is 22.7 Å². The second-order valence-electron chi connectivity index (χ2n) is 9.05. The fourth-order valence-electron chi connectivity index (χ4n) is 5.80. The van der Waals surface area contributed by atoms with Crippen molar-refractivity contribution in [2.75, 3.05) is 26.2 Å². The van der Waals surface area contributed by atoms with Crippen LogP contribution in [0.3, 0.4) is 0 Å². The van der Waals surface area contributed by atoms with Gasteiger partial charge in [0.05, 0.1) is 47.8 Å². The van der Waals surface area contributed by atoms with E-state index in [-0.39, 0.29) is 29.3 Å². The molecule has 0 radical (unpaired) electrons. The van der Waals surface area contributed by atoms with Crippen molar-refractivity contribution in [3.63, 3.8) is 0 Å². The van der Waals surface area contributed by atoms with Crippen LogP contribution in [0.25, 0.3) is 0 Å². The van der Waals surface area contributed by atoms with Gasteiger partial charge >= 0.3 is 0 Å². The van der Waals surface area contributed by atoms with Crippen LogP contribution in [-0.4, -0.2) is 42.2 Å². The highest BCUT2D eigenvalue weighted by Crippen LogP contribution is 2.45. The van der Waals surface area contributed by atoms with Crippen LogP contribution in [-0.2, 0) is 0 Å². The average molecular weight is 451 g/mol. The van der Waals surface area contributed by atoms with Gasteiger partial charge in [-0.15, -0.1) is 22.7 Å². The van der Waals surface area contributed by atoms with E-state index in [0.717, 1.165) is 46.0 Å². The first-order chi connectivity index (χ1) is 15.2. The molecule has 160 valence electrons. The summed E-state index contributed by atoms with van der Waals surface area (Å²) >= 11 is 3.05. The van der Waals surface area contributed by atoms with Gasteiger partial charge in [-0.3, -0.25) is 9.59 Å². The van der Waals surface area contributed by atoms with Crippen molar-refractivity contribution in [2.45, 2.75) is 25.2 Å². The van der Waals surface area contributed by atoms with E-state index in [1.165, 1.54) is 41.9 Å². The molecule has 31 heavy (non-hydrogen) atoms. The van der Waals surface area contributed by atoms with E-state index in [1.54, 1.807) is 0 Å². The summed E-state index contributed by atoms with van der Waals surface area (Å²) in [5.74, 6) is 0.0333. The fraction of sp³-hybridized carbons (Fsp3) is 0.385. The number of carbonyl (C=O) groups excluding carboxylic acids is 2. The Bertz CT molecular complexity index is 963. The van der Waals surface area contributed by atoms with E-state index in [9.17, 15) is 9.59 Å². The number of nitrogens with zero attached hydrogens (tertiary/aromatic N) is 1. The Morgan fingerprint density at radius 2 is 1.26 bits per heavy atom. The second kappa shape index (κ2) is 8.81. The fourth-order valence-corrected chi connectivity index (χ4v) is 7.26. The minimum atomic E-state index is -0.165. The molecule has 0 N–H and O–H groups in total. The van der Waals surface area contributed by atoms with Crippen LogP contribution in [0.4, 0.5) is 0 Å². The van der Waals surface area contributed by atoms with Gasteiger partial charge in [-0.2, -0.15) is 0 Å². The third kappa shape index (κ3) is 4.07. The predicted octanol–water partition coefficient (Wildman–Crippen LogP) is 5.91. The molecule has 3 nitrogen and oxygen atoms in total. The van der Waals surface area contributed by atoms with Gasteiger partial charge in [0.25, 0.3) is 0 Å². The second-order valence-corrected chi connectivity index (χ2v) is 10.9. The average Bonchev–Trinajstić information content (AvgIpc) is 3.53. The van der Waals surface area contributed by atoms with Gasteiger partial charge in [0.15, 0.2) is 11.6 Å². The van der Waals surface area contributed by atoms with Crippen LogP contribution in [0.1, 0.15) is 50.1 Å². The zero-order chi connectivity index (χ0) is 21.3. The van der Waals surface area contributed by atoms with Gasteiger partial charge in [0, 0.05) is 5.92 Å². The molecule has 5 heteroatoms. The van der Waals surface area contributed by atoms with E-state index in [2.05, 4.69) is 12.1 Å². The van der Waals surface area contributed by atoms with Crippen molar-refractivity contribution in [2.24, 2.45) is 11.8 Å². The maximum Gasteiger partial charge on any atom is 0.182 e. The van der Waals surface area contributed by atoms with Gasteiger partial charge < -0.3 is 4.48 Å². The molecular formula is C26H28NO2S2+. The Labute approximate surface area is 191 Å². The molecule has 2 unspecified atom stereocenters.